The van der Waals surface area contributed by atoms with Crippen LogP contribution < -0.4 is 9.80 Å². The van der Waals surface area contributed by atoms with Gasteiger partial charge in [-0.15, -0.1) is 0 Å². The van der Waals surface area contributed by atoms with Crippen LogP contribution >= 0.6 is 0 Å². The summed E-state index contributed by atoms with van der Waals surface area (Å²) in [7, 11) is 4.21. The average molecular weight is 334 g/mol. The van der Waals surface area contributed by atoms with Crippen LogP contribution in [0, 0.1) is 11.8 Å². The molecule has 1 aromatic heterocycles. The van der Waals surface area contributed by atoms with Crippen molar-refractivity contribution in [2.75, 3.05) is 63.4 Å². The molecule has 0 bridgehead atoms. The maximum Gasteiger partial charge on any atom is 0.133 e. The lowest BCUT2D eigenvalue weighted by atomic mass is 10.0. The van der Waals surface area contributed by atoms with Crippen LogP contribution in [0.25, 0.3) is 0 Å². The molecule has 6 nitrogen and oxygen atoms in total. The van der Waals surface area contributed by atoms with Crippen LogP contribution in [0.3, 0.4) is 0 Å². The minimum absolute atomic E-state index is 0.597. The van der Waals surface area contributed by atoms with Gasteiger partial charge in [-0.05, 0) is 37.5 Å². The zero-order chi connectivity index (χ0) is 16.8. The Labute approximate surface area is 145 Å². The Kier molecular flexibility index (Phi) is 6.26. The largest absolute Gasteiger partial charge is 0.381 e. The Morgan fingerprint density at radius 1 is 0.917 bits per heavy atom. The van der Waals surface area contributed by atoms with Crippen molar-refractivity contribution < 1.29 is 9.47 Å². The van der Waals surface area contributed by atoms with Crippen LogP contribution in [0.15, 0.2) is 12.4 Å². The number of nitrogens with zero attached hydrogens (tertiary/aromatic N) is 4. The summed E-state index contributed by atoms with van der Waals surface area (Å²) in [5.41, 5.74) is 0. The van der Waals surface area contributed by atoms with Crippen molar-refractivity contribution >= 4 is 11.6 Å². The van der Waals surface area contributed by atoms with Gasteiger partial charge >= 0.3 is 0 Å². The van der Waals surface area contributed by atoms with Gasteiger partial charge < -0.3 is 19.3 Å². The molecule has 0 amide bonds. The van der Waals surface area contributed by atoms with Crippen molar-refractivity contribution in [2.45, 2.75) is 25.7 Å². The molecule has 0 N–H and O–H groups in total. The molecule has 1 aromatic rings. The van der Waals surface area contributed by atoms with Gasteiger partial charge in [-0.1, -0.05) is 0 Å². The number of rotatable bonds is 6. The smallest absolute Gasteiger partial charge is 0.133 e. The molecule has 3 heterocycles. The molecule has 2 aliphatic heterocycles. The molecule has 0 spiro atoms. The maximum atomic E-state index is 5.59. The fraction of sp³-hybridized carbons (Fsp3) is 0.778. The van der Waals surface area contributed by atoms with E-state index in [2.05, 4.69) is 39.9 Å². The Morgan fingerprint density at radius 2 is 1.42 bits per heavy atom. The van der Waals surface area contributed by atoms with E-state index in [-0.39, 0.29) is 0 Å². The van der Waals surface area contributed by atoms with Gasteiger partial charge in [0.2, 0.25) is 0 Å². The highest BCUT2D eigenvalue weighted by molar-refractivity contribution is 5.49. The topological polar surface area (TPSA) is 50.7 Å². The summed E-state index contributed by atoms with van der Waals surface area (Å²) < 4.78 is 11.2. The number of ether oxygens (including phenoxy) is 2. The third kappa shape index (κ3) is 4.80. The molecule has 6 heteroatoms. The third-order valence-electron chi connectivity index (χ3n) is 4.99. The molecule has 3 rings (SSSR count). The standard InChI is InChI=1S/C18H30N4O2/c1-21(10-15-5-3-7-23-12-15)17-9-18(20-14-19-17)22(2)11-16-6-4-8-24-13-16/h9,14-16H,3-8,10-13H2,1-2H3. The van der Waals surface area contributed by atoms with Crippen molar-refractivity contribution in [1.82, 2.24) is 9.97 Å². The van der Waals surface area contributed by atoms with Crippen molar-refractivity contribution in [3.8, 4) is 0 Å². The molecule has 2 aliphatic rings. The molecular weight excluding hydrogens is 304 g/mol. The summed E-state index contributed by atoms with van der Waals surface area (Å²) in [6.07, 6.45) is 6.49. The fourth-order valence-electron chi connectivity index (χ4n) is 3.62. The molecule has 0 aromatic carbocycles. The quantitative estimate of drug-likeness (QED) is 0.795. The van der Waals surface area contributed by atoms with E-state index in [1.54, 1.807) is 6.33 Å². The van der Waals surface area contributed by atoms with Gasteiger partial charge in [-0.3, -0.25) is 0 Å². The highest BCUT2D eigenvalue weighted by Crippen LogP contribution is 2.22. The van der Waals surface area contributed by atoms with E-state index >= 15 is 0 Å². The first-order chi connectivity index (χ1) is 11.7. The highest BCUT2D eigenvalue weighted by atomic mass is 16.5. The summed E-state index contributed by atoms with van der Waals surface area (Å²) in [5.74, 6) is 3.16. The van der Waals surface area contributed by atoms with Crippen LogP contribution in [0.5, 0.6) is 0 Å². The van der Waals surface area contributed by atoms with Gasteiger partial charge in [0.1, 0.15) is 18.0 Å². The highest BCUT2D eigenvalue weighted by Gasteiger charge is 2.19. The van der Waals surface area contributed by atoms with Crippen molar-refractivity contribution in [1.29, 1.82) is 0 Å². The Hall–Kier alpha value is -1.40. The lowest BCUT2D eigenvalue weighted by Crippen LogP contribution is -2.33. The van der Waals surface area contributed by atoms with Crippen LogP contribution in [0.2, 0.25) is 0 Å². The monoisotopic (exact) mass is 334 g/mol. The molecule has 2 saturated heterocycles. The predicted octanol–water partition coefficient (Wildman–Crippen LogP) is 2.20. The summed E-state index contributed by atoms with van der Waals surface area (Å²) >= 11 is 0. The molecule has 2 unspecified atom stereocenters. The maximum absolute atomic E-state index is 5.59. The molecule has 0 aliphatic carbocycles. The van der Waals surface area contributed by atoms with Crippen molar-refractivity contribution in [3.63, 3.8) is 0 Å². The second-order valence-corrected chi connectivity index (χ2v) is 7.16. The fourth-order valence-corrected chi connectivity index (χ4v) is 3.62. The lowest BCUT2D eigenvalue weighted by Gasteiger charge is -2.29. The van der Waals surface area contributed by atoms with Crippen LogP contribution in [0.4, 0.5) is 11.6 Å². The molecule has 2 fully saturated rings. The van der Waals surface area contributed by atoms with E-state index in [9.17, 15) is 0 Å². The number of aromatic nitrogens is 2. The second-order valence-electron chi connectivity index (χ2n) is 7.16. The van der Waals surface area contributed by atoms with E-state index < -0.39 is 0 Å². The van der Waals surface area contributed by atoms with Gasteiger partial charge in [0.15, 0.2) is 0 Å². The van der Waals surface area contributed by atoms with Crippen molar-refractivity contribution in [2.24, 2.45) is 11.8 Å². The summed E-state index contributed by atoms with van der Waals surface area (Å²) in [5, 5.41) is 0. The number of hydrogen-bond acceptors (Lipinski definition) is 6. The Balaban J connectivity index is 1.57. The molecule has 24 heavy (non-hydrogen) atoms. The van der Waals surface area contributed by atoms with E-state index in [0.29, 0.717) is 11.8 Å². The molecule has 0 saturated carbocycles. The van der Waals surface area contributed by atoms with Gasteiger partial charge in [0.25, 0.3) is 0 Å². The van der Waals surface area contributed by atoms with Gasteiger partial charge in [0.05, 0.1) is 13.2 Å². The van der Waals surface area contributed by atoms with Gasteiger partial charge in [-0.25, -0.2) is 9.97 Å². The average Bonchev–Trinajstić information content (AvgIpc) is 2.63. The zero-order valence-electron chi connectivity index (χ0n) is 15.0. The molecule has 0 radical (unpaired) electrons. The summed E-state index contributed by atoms with van der Waals surface area (Å²) in [6.45, 7) is 5.52. The molecular formula is C18H30N4O2. The minimum Gasteiger partial charge on any atom is -0.381 e. The second kappa shape index (κ2) is 8.62. The Bertz CT molecular complexity index is 460. The van der Waals surface area contributed by atoms with E-state index in [0.717, 1.165) is 51.2 Å². The van der Waals surface area contributed by atoms with E-state index in [1.807, 2.05) is 0 Å². The van der Waals surface area contributed by atoms with Gasteiger partial charge in [-0.2, -0.15) is 0 Å². The minimum atomic E-state index is 0.597. The number of hydrogen-bond donors (Lipinski definition) is 0. The predicted molar refractivity (Wildman–Crippen MR) is 95.7 cm³/mol. The summed E-state index contributed by atoms with van der Waals surface area (Å²) in [4.78, 5) is 13.4. The van der Waals surface area contributed by atoms with Gasteiger partial charge in [0, 0.05) is 46.5 Å². The third-order valence-corrected chi connectivity index (χ3v) is 4.99. The first-order valence-electron chi connectivity index (χ1n) is 9.12. The Morgan fingerprint density at radius 3 is 1.83 bits per heavy atom. The molecule has 2 atom stereocenters. The van der Waals surface area contributed by atoms with Crippen molar-refractivity contribution in [3.05, 3.63) is 12.4 Å². The normalized spacial score (nSPS) is 24.6. The zero-order valence-corrected chi connectivity index (χ0v) is 15.0. The lowest BCUT2D eigenvalue weighted by molar-refractivity contribution is 0.0575. The van der Waals surface area contributed by atoms with Crippen LogP contribution in [0.1, 0.15) is 25.7 Å². The molecule has 134 valence electrons. The number of anilines is 2. The van der Waals surface area contributed by atoms with E-state index in [4.69, 9.17) is 9.47 Å². The van der Waals surface area contributed by atoms with Crippen LogP contribution in [-0.2, 0) is 9.47 Å². The van der Waals surface area contributed by atoms with E-state index in [1.165, 1.54) is 25.7 Å². The first kappa shape index (κ1) is 17.4. The SMILES string of the molecule is CN(CC1CCCOC1)c1cc(N(C)CC2CCCOC2)ncn1. The first-order valence-corrected chi connectivity index (χ1v) is 9.12. The van der Waals surface area contributed by atoms with Crippen LogP contribution in [-0.4, -0.2) is 63.6 Å². The summed E-state index contributed by atoms with van der Waals surface area (Å²) in [6, 6.07) is 2.09.